The second-order valence-corrected chi connectivity index (χ2v) is 5.66. The van der Waals surface area contributed by atoms with Gasteiger partial charge in [-0.15, -0.1) is 0 Å². The van der Waals surface area contributed by atoms with Crippen LogP contribution in [0.15, 0.2) is 42.5 Å². The Labute approximate surface area is 124 Å². The first kappa shape index (κ1) is 13.7. The summed E-state index contributed by atoms with van der Waals surface area (Å²) in [6, 6.07) is 13.6. The molecule has 1 unspecified atom stereocenters. The maximum atomic E-state index is 12.4. The van der Waals surface area contributed by atoms with Gasteiger partial charge in [0.15, 0.2) is 0 Å². The number of rotatable bonds is 2. The van der Waals surface area contributed by atoms with Gasteiger partial charge in [0.2, 0.25) is 0 Å². The molecule has 0 fully saturated rings. The second kappa shape index (κ2) is 4.92. The molecule has 0 aliphatic carbocycles. The lowest BCUT2D eigenvalue weighted by Gasteiger charge is -2.35. The molecule has 1 heterocycles. The summed E-state index contributed by atoms with van der Waals surface area (Å²) >= 11 is 0. The minimum Gasteiger partial charge on any atom is -0.496 e. The maximum Gasteiger partial charge on any atom is 0.339 e. The molecule has 1 aliphatic heterocycles. The molecule has 21 heavy (non-hydrogen) atoms. The number of ether oxygens (including phenoxy) is 2. The molecule has 2 aromatic carbocycles. The molecule has 3 heteroatoms. The lowest BCUT2D eigenvalue weighted by atomic mass is 9.84. The third-order valence-corrected chi connectivity index (χ3v) is 4.01. The molecule has 0 amide bonds. The molecule has 0 radical (unpaired) electrons. The van der Waals surface area contributed by atoms with Crippen LogP contribution in [0.5, 0.6) is 5.75 Å². The van der Waals surface area contributed by atoms with Crippen molar-refractivity contribution in [2.75, 3.05) is 7.11 Å². The number of carbonyl (C=O) groups is 1. The third kappa shape index (κ3) is 2.29. The quantitative estimate of drug-likeness (QED) is 0.789. The molecule has 0 bridgehead atoms. The summed E-state index contributed by atoms with van der Waals surface area (Å²) in [5.41, 5.74) is 2.94. The largest absolute Gasteiger partial charge is 0.496 e. The van der Waals surface area contributed by atoms with Crippen molar-refractivity contribution in [2.45, 2.75) is 25.9 Å². The van der Waals surface area contributed by atoms with Crippen LogP contribution in [0.2, 0.25) is 0 Å². The second-order valence-electron chi connectivity index (χ2n) is 5.66. The summed E-state index contributed by atoms with van der Waals surface area (Å²) in [5, 5.41) is 0. The predicted molar refractivity (Wildman–Crippen MR) is 80.6 cm³/mol. The van der Waals surface area contributed by atoms with Crippen LogP contribution in [0, 0.1) is 6.92 Å². The summed E-state index contributed by atoms with van der Waals surface area (Å²) in [6.07, 6.45) is 0.648. The molecule has 1 atom stereocenters. The van der Waals surface area contributed by atoms with Crippen molar-refractivity contribution in [3.8, 4) is 5.75 Å². The Morgan fingerprint density at radius 3 is 2.71 bits per heavy atom. The zero-order valence-electron chi connectivity index (χ0n) is 12.5. The summed E-state index contributed by atoms with van der Waals surface area (Å²) in [6.45, 7) is 3.91. The average molecular weight is 282 g/mol. The van der Waals surface area contributed by atoms with Crippen molar-refractivity contribution in [3.63, 3.8) is 0 Å². The Bertz CT molecular complexity index is 705. The number of methoxy groups -OCH3 is 1. The molecule has 3 rings (SSSR count). The van der Waals surface area contributed by atoms with Crippen LogP contribution < -0.4 is 4.74 Å². The Kier molecular flexibility index (Phi) is 3.20. The third-order valence-electron chi connectivity index (χ3n) is 4.01. The van der Waals surface area contributed by atoms with Crippen LogP contribution in [0.3, 0.4) is 0 Å². The minimum atomic E-state index is -0.702. The lowest BCUT2D eigenvalue weighted by molar-refractivity contribution is -0.0191. The van der Waals surface area contributed by atoms with Crippen molar-refractivity contribution >= 4 is 5.97 Å². The van der Waals surface area contributed by atoms with Gasteiger partial charge in [0.25, 0.3) is 0 Å². The van der Waals surface area contributed by atoms with Crippen molar-refractivity contribution < 1.29 is 14.3 Å². The number of hydrogen-bond acceptors (Lipinski definition) is 3. The number of para-hydroxylation sites is 1. The molecule has 0 saturated carbocycles. The molecule has 0 saturated heterocycles. The van der Waals surface area contributed by atoms with Crippen molar-refractivity contribution in [3.05, 3.63) is 64.7 Å². The van der Waals surface area contributed by atoms with Gasteiger partial charge in [0.1, 0.15) is 11.4 Å². The van der Waals surface area contributed by atoms with E-state index in [2.05, 4.69) is 0 Å². The van der Waals surface area contributed by atoms with Crippen LogP contribution in [0.4, 0.5) is 0 Å². The van der Waals surface area contributed by atoms with Crippen LogP contribution in [-0.2, 0) is 16.8 Å². The Morgan fingerprint density at radius 2 is 1.95 bits per heavy atom. The first-order valence-electron chi connectivity index (χ1n) is 7.00. The molecular weight excluding hydrogens is 264 g/mol. The van der Waals surface area contributed by atoms with Gasteiger partial charge in [-0.05, 0) is 31.5 Å². The van der Waals surface area contributed by atoms with E-state index < -0.39 is 5.60 Å². The first-order valence-corrected chi connectivity index (χ1v) is 7.00. The number of carbonyl (C=O) groups excluding carboxylic acids is 1. The molecule has 0 aromatic heterocycles. The molecule has 0 N–H and O–H groups in total. The van der Waals surface area contributed by atoms with Gasteiger partial charge in [-0.25, -0.2) is 4.79 Å². The summed E-state index contributed by atoms with van der Waals surface area (Å²) < 4.78 is 11.2. The fraction of sp³-hybridized carbons (Fsp3) is 0.278. The fourth-order valence-corrected chi connectivity index (χ4v) is 2.93. The molecule has 108 valence electrons. The van der Waals surface area contributed by atoms with E-state index in [4.69, 9.17) is 9.47 Å². The van der Waals surface area contributed by atoms with E-state index in [1.807, 2.05) is 56.3 Å². The first-order chi connectivity index (χ1) is 10.0. The van der Waals surface area contributed by atoms with E-state index in [1.165, 1.54) is 0 Å². The maximum absolute atomic E-state index is 12.4. The van der Waals surface area contributed by atoms with Gasteiger partial charge < -0.3 is 9.47 Å². The number of benzene rings is 2. The monoisotopic (exact) mass is 282 g/mol. The Hall–Kier alpha value is -2.29. The summed E-state index contributed by atoms with van der Waals surface area (Å²) in [4.78, 5) is 12.4. The normalized spacial score (nSPS) is 20.6. The van der Waals surface area contributed by atoms with Crippen LogP contribution in [-0.4, -0.2) is 13.1 Å². The SMILES string of the molecule is COc1ccccc1C1(C)Cc2ccc(C)cc2C(=O)O1. The zero-order valence-corrected chi connectivity index (χ0v) is 12.5. The average Bonchev–Trinajstić information content (AvgIpc) is 2.48. The lowest BCUT2D eigenvalue weighted by Crippen LogP contribution is -2.37. The highest BCUT2D eigenvalue weighted by Crippen LogP contribution is 2.40. The van der Waals surface area contributed by atoms with Crippen molar-refractivity contribution in [2.24, 2.45) is 0 Å². The van der Waals surface area contributed by atoms with Crippen LogP contribution >= 0.6 is 0 Å². The smallest absolute Gasteiger partial charge is 0.339 e. The van der Waals surface area contributed by atoms with E-state index in [9.17, 15) is 4.79 Å². The predicted octanol–water partition coefficient (Wildman–Crippen LogP) is 3.63. The van der Waals surface area contributed by atoms with Gasteiger partial charge >= 0.3 is 5.97 Å². The molecule has 2 aromatic rings. The molecule has 1 aliphatic rings. The van der Waals surface area contributed by atoms with Gasteiger partial charge in [-0.3, -0.25) is 0 Å². The van der Waals surface area contributed by atoms with E-state index in [1.54, 1.807) is 7.11 Å². The number of esters is 1. The summed E-state index contributed by atoms with van der Waals surface area (Å²) in [5.74, 6) is 0.469. The number of hydrogen-bond donors (Lipinski definition) is 0. The van der Waals surface area contributed by atoms with Gasteiger partial charge in [0.05, 0.1) is 12.7 Å². The highest BCUT2D eigenvalue weighted by atomic mass is 16.6. The fourth-order valence-electron chi connectivity index (χ4n) is 2.93. The van der Waals surface area contributed by atoms with Crippen LogP contribution in [0.1, 0.15) is 34.0 Å². The summed E-state index contributed by atoms with van der Waals surface area (Å²) in [7, 11) is 1.63. The van der Waals surface area contributed by atoms with Gasteiger partial charge in [0, 0.05) is 12.0 Å². The number of aryl methyl sites for hydroxylation is 1. The van der Waals surface area contributed by atoms with Gasteiger partial charge in [-0.2, -0.15) is 0 Å². The Morgan fingerprint density at radius 1 is 1.19 bits per heavy atom. The topological polar surface area (TPSA) is 35.5 Å². The number of fused-ring (bicyclic) bond motifs is 1. The molecular formula is C18H18O3. The highest BCUT2D eigenvalue weighted by molar-refractivity contribution is 5.93. The van der Waals surface area contributed by atoms with Crippen molar-refractivity contribution in [1.82, 2.24) is 0 Å². The van der Waals surface area contributed by atoms with E-state index in [0.29, 0.717) is 12.0 Å². The van der Waals surface area contributed by atoms with E-state index in [-0.39, 0.29) is 5.97 Å². The van der Waals surface area contributed by atoms with Gasteiger partial charge in [-0.1, -0.05) is 35.9 Å². The highest BCUT2D eigenvalue weighted by Gasteiger charge is 2.39. The molecule has 0 spiro atoms. The van der Waals surface area contributed by atoms with Crippen molar-refractivity contribution in [1.29, 1.82) is 0 Å². The Balaban J connectivity index is 2.08. The van der Waals surface area contributed by atoms with E-state index >= 15 is 0 Å². The zero-order chi connectivity index (χ0) is 15.0. The minimum absolute atomic E-state index is 0.270. The van der Waals surface area contributed by atoms with E-state index in [0.717, 1.165) is 22.4 Å². The van der Waals surface area contributed by atoms with Crippen LogP contribution in [0.25, 0.3) is 0 Å². The molecule has 3 nitrogen and oxygen atoms in total. The standard InChI is InChI=1S/C18H18O3/c1-12-8-9-13-11-18(2,21-17(19)14(13)10-12)15-6-4-5-7-16(15)20-3/h4-10H,11H2,1-3H3. The number of cyclic esters (lactones) is 1.